The maximum Gasteiger partial charge on any atom is 0.130 e. The fourth-order valence-corrected chi connectivity index (χ4v) is 3.40. The molecule has 3 aromatic rings. The second-order valence-electron chi connectivity index (χ2n) is 7.84. The van der Waals surface area contributed by atoms with Gasteiger partial charge in [0.1, 0.15) is 17.7 Å². The standard InChI is InChI=1S/C24H23N3/c1-24(2,3)19-11-9-17(10-12-19)14-23-21(13-18(15-25)16-26)20-7-5-6-8-22(20)27(23)4/h5-13H,14H2,1-4H3. The first-order chi connectivity index (χ1) is 12.8. The predicted molar refractivity (Wildman–Crippen MR) is 110 cm³/mol. The zero-order valence-corrected chi connectivity index (χ0v) is 16.2. The summed E-state index contributed by atoms with van der Waals surface area (Å²) in [6, 6.07) is 20.8. The van der Waals surface area contributed by atoms with E-state index in [-0.39, 0.29) is 11.0 Å². The van der Waals surface area contributed by atoms with Gasteiger partial charge < -0.3 is 4.57 Å². The van der Waals surface area contributed by atoms with Gasteiger partial charge in [0.15, 0.2) is 0 Å². The van der Waals surface area contributed by atoms with E-state index in [1.54, 1.807) is 6.08 Å². The molecule has 1 heterocycles. The van der Waals surface area contributed by atoms with Crippen molar-refractivity contribution in [2.24, 2.45) is 7.05 Å². The molecule has 0 atom stereocenters. The van der Waals surface area contributed by atoms with Crippen LogP contribution in [0, 0.1) is 22.7 Å². The summed E-state index contributed by atoms with van der Waals surface area (Å²) in [5, 5.41) is 19.5. The number of allylic oxidation sites excluding steroid dienone is 1. The Kier molecular flexibility index (Phi) is 4.89. The molecule has 3 nitrogen and oxygen atoms in total. The van der Waals surface area contributed by atoms with E-state index in [2.05, 4.69) is 55.7 Å². The SMILES string of the molecule is Cn1c(Cc2ccc(C(C)(C)C)cc2)c(C=C(C#N)C#N)c2ccccc21. The van der Waals surface area contributed by atoms with Crippen LogP contribution in [0.25, 0.3) is 17.0 Å². The van der Waals surface area contributed by atoms with Crippen LogP contribution >= 0.6 is 0 Å². The van der Waals surface area contributed by atoms with Crippen LogP contribution in [0.2, 0.25) is 0 Å². The lowest BCUT2D eigenvalue weighted by Gasteiger charge is -2.19. The molecular formula is C24H23N3. The minimum Gasteiger partial charge on any atom is -0.347 e. The summed E-state index contributed by atoms with van der Waals surface area (Å²) in [5.41, 5.74) is 5.91. The van der Waals surface area contributed by atoms with Crippen molar-refractivity contribution < 1.29 is 0 Å². The third kappa shape index (κ3) is 3.64. The van der Waals surface area contributed by atoms with Crippen molar-refractivity contribution in [1.29, 1.82) is 10.5 Å². The van der Waals surface area contributed by atoms with Crippen LogP contribution in [0.4, 0.5) is 0 Å². The first-order valence-corrected chi connectivity index (χ1v) is 9.02. The maximum absolute atomic E-state index is 9.21. The molecule has 0 aliphatic carbocycles. The van der Waals surface area contributed by atoms with Crippen LogP contribution in [-0.2, 0) is 18.9 Å². The summed E-state index contributed by atoms with van der Waals surface area (Å²) < 4.78 is 2.16. The maximum atomic E-state index is 9.21. The molecule has 1 aromatic heterocycles. The van der Waals surface area contributed by atoms with Gasteiger partial charge in [0.2, 0.25) is 0 Å². The molecule has 0 bridgehead atoms. The number of hydrogen-bond donors (Lipinski definition) is 0. The second-order valence-corrected chi connectivity index (χ2v) is 7.84. The molecule has 3 rings (SSSR count). The van der Waals surface area contributed by atoms with Crippen LogP contribution in [0.5, 0.6) is 0 Å². The van der Waals surface area contributed by atoms with E-state index in [1.165, 1.54) is 11.1 Å². The smallest absolute Gasteiger partial charge is 0.130 e. The van der Waals surface area contributed by atoms with Gasteiger partial charge in [-0.3, -0.25) is 0 Å². The number of aromatic nitrogens is 1. The lowest BCUT2D eigenvalue weighted by molar-refractivity contribution is 0.590. The molecule has 0 aliphatic rings. The lowest BCUT2D eigenvalue weighted by Crippen LogP contribution is -2.10. The van der Waals surface area contributed by atoms with Crippen molar-refractivity contribution >= 4 is 17.0 Å². The molecule has 0 N–H and O–H groups in total. The van der Waals surface area contributed by atoms with Crippen molar-refractivity contribution in [3.05, 3.63) is 76.5 Å². The normalized spacial score (nSPS) is 11.0. The van der Waals surface area contributed by atoms with Crippen LogP contribution in [-0.4, -0.2) is 4.57 Å². The molecule has 0 fully saturated rings. The van der Waals surface area contributed by atoms with Gasteiger partial charge in [0.25, 0.3) is 0 Å². The van der Waals surface area contributed by atoms with E-state index in [1.807, 2.05) is 37.4 Å². The van der Waals surface area contributed by atoms with Crippen molar-refractivity contribution in [2.45, 2.75) is 32.6 Å². The number of benzene rings is 2. The third-order valence-electron chi connectivity index (χ3n) is 4.99. The van der Waals surface area contributed by atoms with Gasteiger partial charge in [-0.25, -0.2) is 0 Å². The van der Waals surface area contributed by atoms with E-state index in [9.17, 15) is 10.5 Å². The quantitative estimate of drug-likeness (QED) is 0.584. The van der Waals surface area contributed by atoms with Gasteiger partial charge >= 0.3 is 0 Å². The molecule has 0 amide bonds. The van der Waals surface area contributed by atoms with Crippen LogP contribution < -0.4 is 0 Å². The van der Waals surface area contributed by atoms with Gasteiger partial charge in [-0.05, 0) is 28.7 Å². The second kappa shape index (κ2) is 7.14. The summed E-state index contributed by atoms with van der Waals surface area (Å²) in [4.78, 5) is 0. The van der Waals surface area contributed by atoms with Crippen molar-refractivity contribution in [1.82, 2.24) is 4.57 Å². The molecule has 0 saturated heterocycles. The number of hydrogen-bond acceptors (Lipinski definition) is 2. The molecule has 2 aromatic carbocycles. The lowest BCUT2D eigenvalue weighted by atomic mass is 9.86. The average Bonchev–Trinajstić information content (AvgIpc) is 2.91. The van der Waals surface area contributed by atoms with E-state index in [0.717, 1.165) is 28.6 Å². The largest absolute Gasteiger partial charge is 0.347 e. The topological polar surface area (TPSA) is 52.5 Å². The molecule has 3 heteroatoms. The Hall–Kier alpha value is -3.30. The highest BCUT2D eigenvalue weighted by molar-refractivity contribution is 5.92. The van der Waals surface area contributed by atoms with E-state index < -0.39 is 0 Å². The Balaban J connectivity index is 2.11. The first kappa shape index (κ1) is 18.5. The molecular weight excluding hydrogens is 330 g/mol. The Labute approximate surface area is 160 Å². The summed E-state index contributed by atoms with van der Waals surface area (Å²) in [6.45, 7) is 6.63. The fourth-order valence-electron chi connectivity index (χ4n) is 3.40. The molecule has 27 heavy (non-hydrogen) atoms. The number of fused-ring (bicyclic) bond motifs is 1. The number of aryl methyl sites for hydroxylation is 1. The van der Waals surface area contributed by atoms with E-state index in [4.69, 9.17) is 0 Å². The average molecular weight is 353 g/mol. The Bertz CT molecular complexity index is 1080. The summed E-state index contributed by atoms with van der Waals surface area (Å²) in [6.07, 6.45) is 2.45. The zero-order chi connectivity index (χ0) is 19.6. The van der Waals surface area contributed by atoms with Crippen LogP contribution in [0.15, 0.2) is 54.1 Å². The molecule has 0 saturated carbocycles. The molecule has 0 aliphatic heterocycles. The minimum atomic E-state index is 0.121. The minimum absolute atomic E-state index is 0.121. The van der Waals surface area contributed by atoms with Gasteiger partial charge in [-0.1, -0.05) is 63.2 Å². The zero-order valence-electron chi connectivity index (χ0n) is 16.2. The number of nitriles is 2. The number of rotatable bonds is 3. The highest BCUT2D eigenvalue weighted by atomic mass is 14.9. The molecule has 0 radical (unpaired) electrons. The highest BCUT2D eigenvalue weighted by Gasteiger charge is 2.16. The third-order valence-corrected chi connectivity index (χ3v) is 4.99. The Morgan fingerprint density at radius 2 is 1.63 bits per heavy atom. The van der Waals surface area contributed by atoms with Crippen LogP contribution in [0.3, 0.4) is 0 Å². The van der Waals surface area contributed by atoms with Crippen molar-refractivity contribution in [3.8, 4) is 12.1 Å². The van der Waals surface area contributed by atoms with E-state index in [0.29, 0.717) is 0 Å². The Morgan fingerprint density at radius 3 is 2.22 bits per heavy atom. The van der Waals surface area contributed by atoms with Crippen molar-refractivity contribution in [2.75, 3.05) is 0 Å². The van der Waals surface area contributed by atoms with Gasteiger partial charge in [-0.15, -0.1) is 0 Å². The van der Waals surface area contributed by atoms with Gasteiger partial charge in [0, 0.05) is 35.6 Å². The highest BCUT2D eigenvalue weighted by Crippen LogP contribution is 2.30. The summed E-state index contributed by atoms with van der Waals surface area (Å²) in [7, 11) is 2.04. The predicted octanol–water partition coefficient (Wildman–Crippen LogP) is 5.50. The molecule has 134 valence electrons. The fraction of sp³-hybridized carbons (Fsp3) is 0.250. The number of para-hydroxylation sites is 1. The van der Waals surface area contributed by atoms with Crippen LogP contribution in [0.1, 0.15) is 43.2 Å². The van der Waals surface area contributed by atoms with Gasteiger partial charge in [-0.2, -0.15) is 10.5 Å². The monoisotopic (exact) mass is 353 g/mol. The van der Waals surface area contributed by atoms with E-state index >= 15 is 0 Å². The first-order valence-electron chi connectivity index (χ1n) is 9.02. The van der Waals surface area contributed by atoms with Crippen molar-refractivity contribution in [3.63, 3.8) is 0 Å². The Morgan fingerprint density at radius 1 is 1.00 bits per heavy atom. The van der Waals surface area contributed by atoms with Gasteiger partial charge in [0.05, 0.1) is 0 Å². The summed E-state index contributed by atoms with van der Waals surface area (Å²) >= 11 is 0. The number of nitrogens with zero attached hydrogens (tertiary/aromatic N) is 3. The molecule has 0 unspecified atom stereocenters. The summed E-state index contributed by atoms with van der Waals surface area (Å²) in [5.74, 6) is 0. The molecule has 0 spiro atoms.